The van der Waals surface area contributed by atoms with Crippen LogP contribution in [0.1, 0.15) is 30.0 Å². The van der Waals surface area contributed by atoms with Crippen molar-refractivity contribution < 1.29 is 9.53 Å². The molecule has 18 heavy (non-hydrogen) atoms. The van der Waals surface area contributed by atoms with Crippen molar-refractivity contribution >= 4 is 5.91 Å². The maximum absolute atomic E-state index is 11.5. The fourth-order valence-corrected chi connectivity index (χ4v) is 1.82. The van der Waals surface area contributed by atoms with E-state index in [4.69, 9.17) is 15.7 Å². The van der Waals surface area contributed by atoms with Crippen LogP contribution < -0.4 is 15.8 Å². The Hall–Kier alpha value is -2.06. The fraction of sp³-hybridized carbons (Fsp3) is 0.385. The van der Waals surface area contributed by atoms with E-state index >= 15 is 0 Å². The van der Waals surface area contributed by atoms with Gasteiger partial charge in [-0.15, -0.1) is 0 Å². The van der Waals surface area contributed by atoms with Gasteiger partial charge >= 0.3 is 0 Å². The average molecular weight is 245 g/mol. The fourth-order valence-electron chi connectivity index (χ4n) is 1.82. The maximum Gasteiger partial charge on any atom is 0.239 e. The Morgan fingerprint density at radius 2 is 2.33 bits per heavy atom. The van der Waals surface area contributed by atoms with Crippen molar-refractivity contribution in [3.8, 4) is 11.8 Å². The first-order chi connectivity index (χ1) is 8.65. The van der Waals surface area contributed by atoms with Gasteiger partial charge in [0.05, 0.1) is 12.7 Å². The molecule has 0 radical (unpaired) electrons. The van der Waals surface area contributed by atoms with Crippen LogP contribution in [0.15, 0.2) is 18.2 Å². The molecule has 0 saturated heterocycles. The van der Waals surface area contributed by atoms with Gasteiger partial charge in [-0.3, -0.25) is 10.1 Å². The number of nitrogens with two attached hydrogens (primary N) is 1. The quantitative estimate of drug-likeness (QED) is 0.804. The first-order valence-corrected chi connectivity index (χ1v) is 5.79. The number of hydrogen-bond acceptors (Lipinski definition) is 4. The number of nitriles is 1. The van der Waals surface area contributed by atoms with E-state index in [2.05, 4.69) is 5.32 Å². The standard InChI is InChI=1S/C13H15N3O2/c1-18-11-5-2-8(6-9(11)7-14)12(13(15)17)16-10-3-4-10/h2,5-6,10,12,16H,3-4H2,1H3,(H2,15,17). The summed E-state index contributed by atoms with van der Waals surface area (Å²) in [4.78, 5) is 11.5. The molecule has 1 aromatic carbocycles. The molecule has 94 valence electrons. The van der Waals surface area contributed by atoms with Gasteiger partial charge in [-0.1, -0.05) is 6.07 Å². The van der Waals surface area contributed by atoms with Crippen molar-refractivity contribution in [1.29, 1.82) is 5.26 Å². The number of hydrogen-bond donors (Lipinski definition) is 2. The number of benzene rings is 1. The predicted molar refractivity (Wildman–Crippen MR) is 65.8 cm³/mol. The minimum atomic E-state index is -0.546. The minimum Gasteiger partial charge on any atom is -0.495 e. The van der Waals surface area contributed by atoms with Crippen LogP contribution in [0.2, 0.25) is 0 Å². The lowest BCUT2D eigenvalue weighted by atomic mass is 10.0. The van der Waals surface area contributed by atoms with E-state index in [0.717, 1.165) is 12.8 Å². The summed E-state index contributed by atoms with van der Waals surface area (Å²) >= 11 is 0. The van der Waals surface area contributed by atoms with Gasteiger partial charge < -0.3 is 10.5 Å². The van der Waals surface area contributed by atoms with Crippen LogP contribution in [-0.4, -0.2) is 19.1 Å². The zero-order valence-corrected chi connectivity index (χ0v) is 10.1. The molecule has 1 aliphatic carbocycles. The Kier molecular flexibility index (Phi) is 3.49. The van der Waals surface area contributed by atoms with Crippen molar-refractivity contribution in [3.05, 3.63) is 29.3 Å². The smallest absolute Gasteiger partial charge is 0.239 e. The Morgan fingerprint density at radius 3 is 2.83 bits per heavy atom. The summed E-state index contributed by atoms with van der Waals surface area (Å²) in [5.74, 6) is 0.0619. The van der Waals surface area contributed by atoms with Crippen LogP contribution >= 0.6 is 0 Å². The van der Waals surface area contributed by atoms with Gasteiger partial charge in [0.2, 0.25) is 5.91 Å². The summed E-state index contributed by atoms with van der Waals surface area (Å²) in [6, 6.07) is 6.93. The second kappa shape index (κ2) is 5.07. The largest absolute Gasteiger partial charge is 0.495 e. The molecule has 0 aliphatic heterocycles. The summed E-state index contributed by atoms with van der Waals surface area (Å²) in [7, 11) is 1.50. The van der Waals surface area contributed by atoms with E-state index in [-0.39, 0.29) is 0 Å². The Bertz CT molecular complexity index is 503. The summed E-state index contributed by atoms with van der Waals surface area (Å²) in [6.45, 7) is 0. The Balaban J connectivity index is 2.29. The number of nitrogens with zero attached hydrogens (tertiary/aromatic N) is 1. The molecule has 1 amide bonds. The molecule has 1 saturated carbocycles. The average Bonchev–Trinajstić information content (AvgIpc) is 3.18. The van der Waals surface area contributed by atoms with E-state index in [0.29, 0.717) is 22.9 Å². The molecule has 0 heterocycles. The predicted octanol–water partition coefficient (Wildman–Crippen LogP) is 0.845. The van der Waals surface area contributed by atoms with Crippen LogP contribution in [0.5, 0.6) is 5.75 Å². The van der Waals surface area contributed by atoms with Crippen molar-refractivity contribution in [1.82, 2.24) is 5.32 Å². The minimum absolute atomic E-state index is 0.357. The highest BCUT2D eigenvalue weighted by molar-refractivity contribution is 5.81. The zero-order chi connectivity index (χ0) is 13.1. The van der Waals surface area contributed by atoms with Crippen molar-refractivity contribution in [2.24, 2.45) is 5.73 Å². The molecular weight excluding hydrogens is 230 g/mol. The van der Waals surface area contributed by atoms with Crippen molar-refractivity contribution in [3.63, 3.8) is 0 Å². The lowest BCUT2D eigenvalue weighted by Gasteiger charge is -2.16. The van der Waals surface area contributed by atoms with Crippen molar-refractivity contribution in [2.75, 3.05) is 7.11 Å². The lowest BCUT2D eigenvalue weighted by Crippen LogP contribution is -2.34. The van der Waals surface area contributed by atoms with E-state index in [9.17, 15) is 4.79 Å². The molecule has 2 rings (SSSR count). The first-order valence-electron chi connectivity index (χ1n) is 5.79. The number of nitrogens with one attached hydrogen (secondary N) is 1. The highest BCUT2D eigenvalue weighted by Crippen LogP contribution is 2.27. The van der Waals surface area contributed by atoms with Gasteiger partial charge in [0.25, 0.3) is 0 Å². The van der Waals surface area contributed by atoms with Gasteiger partial charge in [0, 0.05) is 6.04 Å². The van der Waals surface area contributed by atoms with E-state index in [1.54, 1.807) is 18.2 Å². The SMILES string of the molecule is COc1ccc(C(NC2CC2)C(N)=O)cc1C#N. The van der Waals surface area contributed by atoms with Gasteiger partial charge in [0.1, 0.15) is 17.9 Å². The zero-order valence-electron chi connectivity index (χ0n) is 10.1. The van der Waals surface area contributed by atoms with Crippen LogP contribution in [-0.2, 0) is 4.79 Å². The second-order valence-electron chi connectivity index (χ2n) is 4.35. The van der Waals surface area contributed by atoms with Gasteiger partial charge in [0.15, 0.2) is 0 Å². The molecule has 0 bridgehead atoms. The highest BCUT2D eigenvalue weighted by atomic mass is 16.5. The van der Waals surface area contributed by atoms with Gasteiger partial charge in [-0.2, -0.15) is 5.26 Å². The molecule has 0 spiro atoms. The molecule has 1 aliphatic rings. The van der Waals surface area contributed by atoms with Crippen LogP contribution in [0.3, 0.4) is 0 Å². The highest BCUT2D eigenvalue weighted by Gasteiger charge is 2.28. The van der Waals surface area contributed by atoms with E-state index in [1.165, 1.54) is 7.11 Å². The third-order valence-corrected chi connectivity index (χ3v) is 2.94. The number of rotatable bonds is 5. The van der Waals surface area contributed by atoms with Gasteiger partial charge in [-0.05, 0) is 30.5 Å². The molecule has 0 aromatic heterocycles. The van der Waals surface area contributed by atoms with Crippen LogP contribution in [0, 0.1) is 11.3 Å². The number of carbonyl (C=O) groups is 1. The second-order valence-corrected chi connectivity index (χ2v) is 4.35. The Morgan fingerprint density at radius 1 is 1.61 bits per heavy atom. The molecule has 5 nitrogen and oxygen atoms in total. The molecule has 1 fully saturated rings. The molecule has 1 unspecified atom stereocenters. The maximum atomic E-state index is 11.5. The summed E-state index contributed by atoms with van der Waals surface area (Å²) in [5.41, 5.74) is 6.49. The first kappa shape index (κ1) is 12.4. The monoisotopic (exact) mass is 245 g/mol. The normalized spacial score (nSPS) is 15.8. The number of ether oxygens (including phenoxy) is 1. The van der Waals surface area contributed by atoms with Crippen LogP contribution in [0.4, 0.5) is 0 Å². The molecule has 1 aromatic rings. The molecule has 5 heteroatoms. The summed E-state index contributed by atoms with van der Waals surface area (Å²) in [5, 5.41) is 12.2. The van der Waals surface area contributed by atoms with Crippen LogP contribution in [0.25, 0.3) is 0 Å². The lowest BCUT2D eigenvalue weighted by molar-refractivity contribution is -0.120. The Labute approximate surface area is 106 Å². The summed E-state index contributed by atoms with van der Waals surface area (Å²) in [6.07, 6.45) is 2.12. The summed E-state index contributed by atoms with van der Waals surface area (Å²) < 4.78 is 5.07. The third kappa shape index (κ3) is 2.60. The third-order valence-electron chi connectivity index (χ3n) is 2.94. The number of amides is 1. The van der Waals surface area contributed by atoms with E-state index < -0.39 is 11.9 Å². The molecule has 1 atom stereocenters. The number of primary amides is 1. The molecular formula is C13H15N3O2. The molecule has 3 N–H and O–H groups in total. The number of methoxy groups -OCH3 is 1. The number of carbonyl (C=O) groups excluding carboxylic acids is 1. The topological polar surface area (TPSA) is 88.1 Å². The van der Waals surface area contributed by atoms with Crippen molar-refractivity contribution in [2.45, 2.75) is 24.9 Å². The van der Waals surface area contributed by atoms with E-state index in [1.807, 2.05) is 6.07 Å². The van der Waals surface area contributed by atoms with Gasteiger partial charge in [-0.25, -0.2) is 0 Å².